The number of esters is 1. The van der Waals surface area contributed by atoms with Gasteiger partial charge in [-0.2, -0.15) is 0 Å². The van der Waals surface area contributed by atoms with Crippen molar-refractivity contribution in [3.8, 4) is 0 Å². The second kappa shape index (κ2) is 16.6. The predicted octanol–water partition coefficient (Wildman–Crippen LogP) is 4.53. The van der Waals surface area contributed by atoms with Crippen molar-refractivity contribution in [2.75, 3.05) is 19.7 Å². The van der Waals surface area contributed by atoms with E-state index < -0.39 is 59.6 Å². The van der Waals surface area contributed by atoms with Crippen LogP contribution in [0.5, 0.6) is 0 Å². The van der Waals surface area contributed by atoms with Gasteiger partial charge in [0.1, 0.15) is 17.7 Å². The highest BCUT2D eigenvalue weighted by Gasteiger charge is 2.75. The number of allylic oxidation sites excluding steroid dienone is 1. The van der Waals surface area contributed by atoms with Crippen LogP contribution < -0.4 is 5.32 Å². The van der Waals surface area contributed by atoms with E-state index in [-0.39, 0.29) is 24.8 Å². The molecule has 2 bridgehead atoms. The van der Waals surface area contributed by atoms with Crippen LogP contribution in [0.3, 0.4) is 0 Å². The molecule has 1 spiro atoms. The van der Waals surface area contributed by atoms with Crippen molar-refractivity contribution in [1.82, 2.24) is 15.1 Å². The molecule has 0 aliphatic carbocycles. The molecule has 10 nitrogen and oxygen atoms in total. The zero-order valence-electron chi connectivity index (χ0n) is 29.2. The highest BCUT2D eigenvalue weighted by atomic mass is 16.6. The van der Waals surface area contributed by atoms with Gasteiger partial charge in [0.15, 0.2) is 0 Å². The highest BCUT2D eigenvalue weighted by Crippen LogP contribution is 2.59. The summed E-state index contributed by atoms with van der Waals surface area (Å²) in [6.45, 7) is 11.8. The van der Waals surface area contributed by atoms with Crippen LogP contribution in [0.25, 0.3) is 0 Å². The molecule has 3 fully saturated rings. The number of unbranched alkanes of at least 4 members (excludes halogenated alkanes) is 1. The molecule has 2 aromatic rings. The molecule has 5 rings (SSSR count). The highest BCUT2D eigenvalue weighted by molar-refractivity contribution is 5.98. The van der Waals surface area contributed by atoms with E-state index in [4.69, 9.17) is 9.47 Å². The van der Waals surface area contributed by atoms with E-state index in [0.29, 0.717) is 44.3 Å². The van der Waals surface area contributed by atoms with Crippen molar-refractivity contribution >= 4 is 23.7 Å². The summed E-state index contributed by atoms with van der Waals surface area (Å²) >= 11 is 0. The zero-order chi connectivity index (χ0) is 35.8. The first-order valence-corrected chi connectivity index (χ1v) is 17.9. The molecular formula is C40H51N3O7. The summed E-state index contributed by atoms with van der Waals surface area (Å²) in [7, 11) is 0. The first kappa shape index (κ1) is 37.0. The smallest absolute Gasteiger partial charge is 0.313 e. The number of carbonyl (C=O) groups is 4. The monoisotopic (exact) mass is 685 g/mol. The fourth-order valence-corrected chi connectivity index (χ4v) is 8.08. The van der Waals surface area contributed by atoms with Gasteiger partial charge in [0.25, 0.3) is 0 Å². The summed E-state index contributed by atoms with van der Waals surface area (Å²) in [5.74, 6) is -3.40. The molecule has 3 saturated heterocycles. The van der Waals surface area contributed by atoms with E-state index in [1.807, 2.05) is 67.6 Å². The van der Waals surface area contributed by atoms with Gasteiger partial charge < -0.3 is 29.7 Å². The fraction of sp³-hybridized carbons (Fsp3) is 0.500. The number of likely N-dealkylation sites (tertiary alicyclic amines) is 1. The van der Waals surface area contributed by atoms with Gasteiger partial charge in [-0.05, 0) is 50.2 Å². The molecule has 2 N–H and O–H groups in total. The average Bonchev–Trinajstić information content (AvgIpc) is 3.78. The molecule has 268 valence electrons. The normalized spacial score (nSPS) is 25.3. The number of rotatable bonds is 18. The summed E-state index contributed by atoms with van der Waals surface area (Å²) < 4.78 is 13.0. The number of benzene rings is 2. The molecule has 3 amide bonds. The predicted molar refractivity (Wildman–Crippen MR) is 189 cm³/mol. The number of fused-ring (bicyclic) bond motifs is 1. The van der Waals surface area contributed by atoms with Gasteiger partial charge in [-0.3, -0.25) is 19.2 Å². The molecule has 10 heteroatoms. The summed E-state index contributed by atoms with van der Waals surface area (Å²) in [4.78, 5) is 59.8. The zero-order valence-corrected chi connectivity index (χ0v) is 29.2. The molecule has 0 aromatic heterocycles. The van der Waals surface area contributed by atoms with Crippen LogP contribution in [0.2, 0.25) is 0 Å². The van der Waals surface area contributed by atoms with E-state index in [1.54, 1.807) is 24.0 Å². The number of hydrogen-bond donors (Lipinski definition) is 2. The topological polar surface area (TPSA) is 125 Å². The van der Waals surface area contributed by atoms with E-state index in [2.05, 4.69) is 18.5 Å². The second-order valence-corrected chi connectivity index (χ2v) is 13.7. The number of ether oxygens (including phenoxy) is 2. The Balaban J connectivity index is 1.50. The Morgan fingerprint density at radius 3 is 2.46 bits per heavy atom. The van der Waals surface area contributed by atoms with Gasteiger partial charge in [0.2, 0.25) is 17.7 Å². The Bertz CT molecular complexity index is 1520. The third-order valence-corrected chi connectivity index (χ3v) is 10.4. The van der Waals surface area contributed by atoms with Crippen molar-refractivity contribution in [2.45, 2.75) is 94.7 Å². The van der Waals surface area contributed by atoms with Crippen LogP contribution in [0.4, 0.5) is 0 Å². The van der Waals surface area contributed by atoms with Crippen molar-refractivity contribution in [3.63, 3.8) is 0 Å². The molecule has 3 heterocycles. The first-order chi connectivity index (χ1) is 24.2. The Labute approximate surface area is 295 Å². The third kappa shape index (κ3) is 7.42. The minimum absolute atomic E-state index is 0.194. The van der Waals surface area contributed by atoms with Crippen LogP contribution in [0.1, 0.15) is 69.6 Å². The maximum Gasteiger partial charge on any atom is 0.313 e. The largest absolute Gasteiger partial charge is 0.455 e. The van der Waals surface area contributed by atoms with E-state index >= 15 is 0 Å². The molecule has 8 atom stereocenters. The molecule has 3 aliphatic rings. The molecule has 0 radical (unpaired) electrons. The van der Waals surface area contributed by atoms with E-state index in [1.165, 1.54) is 4.90 Å². The number of aliphatic hydroxyl groups is 1. The minimum Gasteiger partial charge on any atom is -0.455 e. The van der Waals surface area contributed by atoms with Crippen molar-refractivity contribution in [1.29, 1.82) is 0 Å². The third-order valence-electron chi connectivity index (χ3n) is 10.4. The quantitative estimate of drug-likeness (QED) is 0.175. The lowest BCUT2D eigenvalue weighted by Crippen LogP contribution is -2.59. The lowest BCUT2D eigenvalue weighted by molar-refractivity contribution is -0.162. The van der Waals surface area contributed by atoms with Crippen LogP contribution in [0, 0.1) is 11.8 Å². The molecule has 2 aromatic carbocycles. The Kier molecular flexibility index (Phi) is 12.3. The first-order valence-electron chi connectivity index (χ1n) is 17.9. The molecule has 50 heavy (non-hydrogen) atoms. The molecule has 0 saturated carbocycles. The average molecular weight is 686 g/mol. The number of amides is 3. The van der Waals surface area contributed by atoms with Gasteiger partial charge in [-0.1, -0.05) is 86.2 Å². The Morgan fingerprint density at radius 2 is 1.82 bits per heavy atom. The maximum atomic E-state index is 14.8. The Morgan fingerprint density at radius 1 is 1.12 bits per heavy atom. The van der Waals surface area contributed by atoms with Crippen molar-refractivity contribution < 1.29 is 33.8 Å². The van der Waals surface area contributed by atoms with E-state index in [0.717, 1.165) is 18.4 Å². The minimum atomic E-state index is -1.26. The standard InChI is InChI=1S/C40H51N3O7/c1-5-8-20-32(45)41-27(4)35(29-18-14-11-15-19-29)49-39(48)33-31-21-22-40(50-31)34(33)37(46)43(30(26-44)25-28-16-12-10-13-17-28)36(40)38(47)42(23-7-3)24-9-6-2/h5,7,10-19,27,30-31,33-36,44H,1,3,6,8-9,20-26H2,2,4H3,(H,41,45)/t27-,30+,31-,33+,34+,35-,36-,40+/m0/s1. The Hall–Kier alpha value is -4.28. The maximum absolute atomic E-state index is 14.8. The van der Waals surface area contributed by atoms with Crippen molar-refractivity contribution in [3.05, 3.63) is 97.1 Å². The van der Waals surface area contributed by atoms with Crippen LogP contribution in [-0.4, -0.2) is 88.1 Å². The number of nitrogens with one attached hydrogen (secondary N) is 1. The van der Waals surface area contributed by atoms with Crippen LogP contribution in [0.15, 0.2) is 86.0 Å². The van der Waals surface area contributed by atoms with Gasteiger partial charge in [-0.25, -0.2) is 0 Å². The molecular weight excluding hydrogens is 634 g/mol. The molecule has 0 unspecified atom stereocenters. The molecule has 3 aliphatic heterocycles. The van der Waals surface area contributed by atoms with Crippen molar-refractivity contribution in [2.24, 2.45) is 11.8 Å². The summed E-state index contributed by atoms with van der Waals surface area (Å²) in [6.07, 6.45) is 5.52. The van der Waals surface area contributed by atoms with Crippen LogP contribution >= 0.6 is 0 Å². The fourth-order valence-electron chi connectivity index (χ4n) is 8.08. The summed E-state index contributed by atoms with van der Waals surface area (Å²) in [5, 5.41) is 13.7. The van der Waals surface area contributed by atoms with Gasteiger partial charge in [0.05, 0.1) is 36.6 Å². The number of hydrogen-bond acceptors (Lipinski definition) is 7. The number of aliphatic hydroxyl groups excluding tert-OH is 1. The summed E-state index contributed by atoms with van der Waals surface area (Å²) in [6, 6.07) is 16.4. The van der Waals surface area contributed by atoms with Gasteiger partial charge >= 0.3 is 5.97 Å². The number of carbonyl (C=O) groups excluding carboxylic acids is 4. The lowest BCUT2D eigenvalue weighted by Gasteiger charge is -2.39. The van der Waals surface area contributed by atoms with Crippen LogP contribution in [-0.2, 0) is 35.1 Å². The van der Waals surface area contributed by atoms with Gasteiger partial charge in [-0.15, -0.1) is 13.2 Å². The summed E-state index contributed by atoms with van der Waals surface area (Å²) in [5.41, 5.74) is 0.346. The van der Waals surface area contributed by atoms with Gasteiger partial charge in [0, 0.05) is 19.5 Å². The second-order valence-electron chi connectivity index (χ2n) is 13.7. The van der Waals surface area contributed by atoms with E-state index in [9.17, 15) is 24.3 Å². The lowest BCUT2D eigenvalue weighted by atomic mass is 9.70. The number of nitrogens with zero attached hydrogens (tertiary/aromatic N) is 2. The SMILES string of the molecule is C=CCCC(=O)N[C@@H](C)[C@H](OC(=O)[C@@H]1[C@@H]2CC[C@]3(O2)[C@H](C(=O)N(CC=C)CCCC)N([C@@H](CO)Cc2ccccc2)C(=O)[C@@H]13)c1ccccc1.